The van der Waals surface area contributed by atoms with Crippen molar-refractivity contribution in [1.82, 2.24) is 0 Å². The van der Waals surface area contributed by atoms with Crippen LogP contribution in [0.3, 0.4) is 0 Å². The smallest absolute Gasteiger partial charge is 0.222 e. The van der Waals surface area contributed by atoms with E-state index in [0.717, 1.165) is 0 Å². The van der Waals surface area contributed by atoms with E-state index in [1.807, 2.05) is 20.8 Å². The van der Waals surface area contributed by atoms with Crippen molar-refractivity contribution < 1.29 is 9.59 Å². The highest BCUT2D eigenvalue weighted by molar-refractivity contribution is 8.14. The van der Waals surface area contributed by atoms with E-state index in [9.17, 15) is 9.59 Å². The van der Waals surface area contributed by atoms with E-state index >= 15 is 0 Å². The van der Waals surface area contributed by atoms with Crippen molar-refractivity contribution in [3.8, 4) is 0 Å². The third kappa shape index (κ3) is 4.79. The van der Waals surface area contributed by atoms with Gasteiger partial charge in [0.1, 0.15) is 0 Å². The first-order valence-corrected chi connectivity index (χ1v) is 6.49. The summed E-state index contributed by atoms with van der Waals surface area (Å²) in [6.07, 6.45) is 3.49. The highest BCUT2D eigenvalue weighted by Gasteiger charge is 2.19. The summed E-state index contributed by atoms with van der Waals surface area (Å²) in [5.74, 6) is 0.739. The van der Waals surface area contributed by atoms with Gasteiger partial charge >= 0.3 is 0 Å². The van der Waals surface area contributed by atoms with Crippen molar-refractivity contribution in [2.45, 2.75) is 34.6 Å². The van der Waals surface area contributed by atoms with E-state index in [-0.39, 0.29) is 16.8 Å². The molecule has 90 valence electrons. The van der Waals surface area contributed by atoms with E-state index in [2.05, 4.69) is 0 Å². The minimum atomic E-state index is -0.151. The zero-order valence-electron chi connectivity index (χ0n) is 10.7. The Labute approximate surface area is 102 Å². The van der Waals surface area contributed by atoms with E-state index in [4.69, 9.17) is 0 Å². The number of rotatable bonds is 5. The van der Waals surface area contributed by atoms with E-state index in [0.29, 0.717) is 16.9 Å². The summed E-state index contributed by atoms with van der Waals surface area (Å²) < 4.78 is 0. The zero-order chi connectivity index (χ0) is 12.7. The molecule has 2 nitrogen and oxygen atoms in total. The minimum absolute atomic E-state index is 0.123. The SMILES string of the molecule is C/C=C(\C)C(=O)/C(=C\C(C)C)C(=O)SCC. The summed E-state index contributed by atoms with van der Waals surface area (Å²) in [6.45, 7) is 9.37. The maximum atomic E-state index is 12.0. The first kappa shape index (κ1) is 15.2. The van der Waals surface area contributed by atoms with Crippen LogP contribution in [0.15, 0.2) is 23.3 Å². The van der Waals surface area contributed by atoms with Gasteiger partial charge in [-0.25, -0.2) is 0 Å². The average molecular weight is 240 g/mol. The molecule has 0 fully saturated rings. The van der Waals surface area contributed by atoms with Gasteiger partial charge in [-0.15, -0.1) is 0 Å². The van der Waals surface area contributed by atoms with Crippen molar-refractivity contribution in [2.75, 3.05) is 5.75 Å². The predicted octanol–water partition coefficient (Wildman–Crippen LogP) is 3.38. The molecule has 0 saturated heterocycles. The molecule has 0 saturated carbocycles. The molecule has 0 atom stereocenters. The van der Waals surface area contributed by atoms with E-state index in [1.54, 1.807) is 26.0 Å². The van der Waals surface area contributed by atoms with Gasteiger partial charge in [0.2, 0.25) is 5.12 Å². The van der Waals surface area contributed by atoms with Gasteiger partial charge in [0.05, 0.1) is 5.57 Å². The fraction of sp³-hybridized carbons (Fsp3) is 0.538. The normalized spacial score (nSPS) is 13.1. The maximum absolute atomic E-state index is 12.0. The molecule has 0 bridgehead atoms. The molecule has 0 aromatic heterocycles. The molecule has 0 unspecified atom stereocenters. The van der Waals surface area contributed by atoms with Gasteiger partial charge in [-0.1, -0.05) is 44.7 Å². The van der Waals surface area contributed by atoms with E-state index < -0.39 is 0 Å². The van der Waals surface area contributed by atoms with Crippen LogP contribution in [0.5, 0.6) is 0 Å². The molecular weight excluding hydrogens is 220 g/mol. The molecule has 0 N–H and O–H groups in total. The lowest BCUT2D eigenvalue weighted by molar-refractivity contribution is -0.115. The Morgan fingerprint density at radius 1 is 1.31 bits per heavy atom. The average Bonchev–Trinajstić information content (AvgIpc) is 2.23. The molecule has 16 heavy (non-hydrogen) atoms. The topological polar surface area (TPSA) is 34.1 Å². The van der Waals surface area contributed by atoms with Crippen LogP contribution in [0.1, 0.15) is 34.6 Å². The molecule has 0 rings (SSSR count). The summed E-state index contributed by atoms with van der Waals surface area (Å²) in [7, 11) is 0. The van der Waals surface area contributed by atoms with Gasteiger partial charge in [0.15, 0.2) is 5.78 Å². The molecule has 0 amide bonds. The van der Waals surface area contributed by atoms with Gasteiger partial charge in [-0.2, -0.15) is 0 Å². The van der Waals surface area contributed by atoms with Crippen LogP contribution < -0.4 is 0 Å². The lowest BCUT2D eigenvalue weighted by atomic mass is 10.0. The molecular formula is C13H20O2S. The second-order valence-electron chi connectivity index (χ2n) is 3.85. The largest absolute Gasteiger partial charge is 0.289 e. The number of allylic oxidation sites excluding steroid dienone is 3. The van der Waals surface area contributed by atoms with Crippen LogP contribution in [-0.2, 0) is 9.59 Å². The monoisotopic (exact) mass is 240 g/mol. The second-order valence-corrected chi connectivity index (χ2v) is 5.08. The maximum Gasteiger partial charge on any atom is 0.222 e. The van der Waals surface area contributed by atoms with Crippen LogP contribution in [0.25, 0.3) is 0 Å². The van der Waals surface area contributed by atoms with Crippen LogP contribution >= 0.6 is 11.8 Å². The molecule has 0 spiro atoms. The molecule has 0 aliphatic heterocycles. The number of ketones is 1. The first-order chi connectivity index (χ1) is 7.43. The fourth-order valence-electron chi connectivity index (χ4n) is 1.12. The van der Waals surface area contributed by atoms with Crippen molar-refractivity contribution >= 4 is 22.7 Å². The van der Waals surface area contributed by atoms with Gasteiger partial charge in [-0.05, 0) is 31.1 Å². The highest BCUT2D eigenvalue weighted by Crippen LogP contribution is 2.17. The molecule has 0 aromatic rings. The summed E-state index contributed by atoms with van der Waals surface area (Å²) in [4.78, 5) is 23.7. The van der Waals surface area contributed by atoms with Crippen molar-refractivity contribution in [1.29, 1.82) is 0 Å². The van der Waals surface area contributed by atoms with Crippen molar-refractivity contribution in [2.24, 2.45) is 5.92 Å². The number of Topliss-reactive ketones (excluding diaryl/α,β-unsaturated/α-hetero) is 1. The predicted molar refractivity (Wildman–Crippen MR) is 70.5 cm³/mol. The minimum Gasteiger partial charge on any atom is -0.289 e. The molecule has 0 heterocycles. The highest BCUT2D eigenvalue weighted by atomic mass is 32.2. The number of thioether (sulfide) groups is 1. The molecule has 0 radical (unpaired) electrons. The van der Waals surface area contributed by atoms with Crippen molar-refractivity contribution in [3.63, 3.8) is 0 Å². The summed E-state index contributed by atoms with van der Waals surface area (Å²) in [5, 5.41) is -0.123. The Kier molecular flexibility index (Phi) is 7.06. The Hall–Kier alpha value is -0.830. The Morgan fingerprint density at radius 2 is 1.88 bits per heavy atom. The van der Waals surface area contributed by atoms with Gasteiger partial charge in [0, 0.05) is 0 Å². The molecule has 0 aliphatic rings. The fourth-order valence-corrected chi connectivity index (χ4v) is 1.70. The lowest BCUT2D eigenvalue weighted by Gasteiger charge is -2.06. The van der Waals surface area contributed by atoms with Crippen LogP contribution in [-0.4, -0.2) is 16.7 Å². The molecule has 3 heteroatoms. The number of hydrogen-bond donors (Lipinski definition) is 0. The molecule has 0 aromatic carbocycles. The van der Waals surface area contributed by atoms with Gasteiger partial charge in [0.25, 0.3) is 0 Å². The summed E-state index contributed by atoms with van der Waals surface area (Å²) in [6, 6.07) is 0. The van der Waals surface area contributed by atoms with Crippen molar-refractivity contribution in [3.05, 3.63) is 23.3 Å². The summed E-state index contributed by atoms with van der Waals surface area (Å²) in [5.41, 5.74) is 0.939. The lowest BCUT2D eigenvalue weighted by Crippen LogP contribution is -2.12. The number of hydrogen-bond acceptors (Lipinski definition) is 3. The Balaban J connectivity index is 5.11. The van der Waals surface area contributed by atoms with Crippen LogP contribution in [0, 0.1) is 5.92 Å². The third-order valence-electron chi connectivity index (χ3n) is 2.03. The number of carbonyl (C=O) groups is 2. The zero-order valence-corrected chi connectivity index (χ0v) is 11.5. The number of carbonyl (C=O) groups excluding carboxylic acids is 2. The first-order valence-electron chi connectivity index (χ1n) is 5.50. The quantitative estimate of drug-likeness (QED) is 0.420. The Bertz CT molecular complexity index is 325. The van der Waals surface area contributed by atoms with Gasteiger partial charge < -0.3 is 0 Å². The standard InChI is InChI=1S/C13H20O2S/c1-6-10(5)12(14)11(8-9(3)4)13(15)16-7-2/h6,8-9H,7H2,1-5H3/b10-6+,11-8+. The Morgan fingerprint density at radius 3 is 2.25 bits per heavy atom. The summed E-state index contributed by atoms with van der Waals surface area (Å²) >= 11 is 1.18. The molecule has 0 aliphatic carbocycles. The van der Waals surface area contributed by atoms with Crippen LogP contribution in [0.2, 0.25) is 0 Å². The third-order valence-corrected chi connectivity index (χ3v) is 2.80. The second kappa shape index (κ2) is 7.44. The van der Waals surface area contributed by atoms with Crippen LogP contribution in [0.4, 0.5) is 0 Å². The van der Waals surface area contributed by atoms with Gasteiger partial charge in [-0.3, -0.25) is 9.59 Å². The van der Waals surface area contributed by atoms with E-state index in [1.165, 1.54) is 11.8 Å².